The average Bonchev–Trinajstić information content (AvgIpc) is 3.29. The number of hydrogen-bond acceptors (Lipinski definition) is 5. The van der Waals surface area contributed by atoms with Crippen LogP contribution in [0.1, 0.15) is 51.5 Å². The smallest absolute Gasteiger partial charge is 0.255 e. The lowest BCUT2D eigenvalue weighted by molar-refractivity contribution is -0.136. The van der Waals surface area contributed by atoms with Crippen LogP contribution in [-0.4, -0.2) is 47.2 Å². The maximum absolute atomic E-state index is 13.0. The quantitative estimate of drug-likeness (QED) is 0.723. The third-order valence-corrected chi connectivity index (χ3v) is 6.51. The van der Waals surface area contributed by atoms with Crippen LogP contribution in [0.2, 0.25) is 0 Å². The molecule has 2 aromatic rings. The predicted octanol–water partition coefficient (Wildman–Crippen LogP) is 1.72. The molecular formula is C24H26N4O3. The van der Waals surface area contributed by atoms with Gasteiger partial charge in [-0.25, -0.2) is 0 Å². The van der Waals surface area contributed by atoms with Gasteiger partial charge in [-0.05, 0) is 41.8 Å². The van der Waals surface area contributed by atoms with Crippen LogP contribution < -0.4 is 10.6 Å². The molecule has 0 bridgehead atoms. The molecule has 1 fully saturated rings. The number of rotatable bonds is 5. The highest BCUT2D eigenvalue weighted by atomic mass is 16.2. The number of amides is 3. The molecule has 5 rings (SSSR count). The van der Waals surface area contributed by atoms with E-state index in [1.807, 2.05) is 12.1 Å². The predicted molar refractivity (Wildman–Crippen MR) is 115 cm³/mol. The number of piperidine rings is 1. The molecule has 3 aliphatic heterocycles. The van der Waals surface area contributed by atoms with E-state index in [4.69, 9.17) is 0 Å². The number of likely N-dealkylation sites (N-methyl/N-ethyl adjacent to an activating group) is 1. The van der Waals surface area contributed by atoms with E-state index in [1.54, 1.807) is 4.90 Å². The summed E-state index contributed by atoms with van der Waals surface area (Å²) in [6, 6.07) is 14.3. The molecule has 0 aromatic heterocycles. The average molecular weight is 418 g/mol. The van der Waals surface area contributed by atoms with Crippen molar-refractivity contribution >= 4 is 17.7 Å². The van der Waals surface area contributed by atoms with Gasteiger partial charge in [-0.1, -0.05) is 36.4 Å². The first-order valence-electron chi connectivity index (χ1n) is 10.8. The topological polar surface area (TPSA) is 81.8 Å². The van der Waals surface area contributed by atoms with Crippen LogP contribution in [0.4, 0.5) is 0 Å². The Balaban J connectivity index is 1.26. The van der Waals surface area contributed by atoms with Crippen LogP contribution in [0.15, 0.2) is 42.5 Å². The Hall–Kier alpha value is -3.03. The second-order valence-corrected chi connectivity index (χ2v) is 8.72. The highest BCUT2D eigenvalue weighted by molar-refractivity contribution is 6.05. The zero-order valence-electron chi connectivity index (χ0n) is 17.6. The lowest BCUT2D eigenvalue weighted by Gasteiger charge is -2.29. The largest absolute Gasteiger partial charge is 0.322 e. The van der Waals surface area contributed by atoms with E-state index in [-0.39, 0.29) is 24.1 Å². The summed E-state index contributed by atoms with van der Waals surface area (Å²) >= 11 is 0. The fourth-order valence-electron chi connectivity index (χ4n) is 4.93. The van der Waals surface area contributed by atoms with Crippen molar-refractivity contribution in [2.45, 2.75) is 44.6 Å². The van der Waals surface area contributed by atoms with E-state index >= 15 is 0 Å². The van der Waals surface area contributed by atoms with Crippen LogP contribution >= 0.6 is 0 Å². The standard InChI is InChI=1S/C24H26N4O3/c1-27(14-20-18-5-3-2-4-16(18)11-25-20)12-15-6-7-17-13-28(24(31)19(17)10-15)21-8-9-22(29)26-23(21)30/h2-7,10,20-21,25H,8-9,11-14H2,1H3,(H,26,29,30). The van der Waals surface area contributed by atoms with Gasteiger partial charge in [0.2, 0.25) is 11.8 Å². The molecule has 0 spiro atoms. The van der Waals surface area contributed by atoms with E-state index in [0.717, 1.165) is 30.8 Å². The van der Waals surface area contributed by atoms with Crippen LogP contribution in [0.5, 0.6) is 0 Å². The summed E-state index contributed by atoms with van der Waals surface area (Å²) in [6.45, 7) is 2.93. The van der Waals surface area contributed by atoms with E-state index in [2.05, 4.69) is 52.9 Å². The van der Waals surface area contributed by atoms with Crippen molar-refractivity contribution in [2.75, 3.05) is 13.6 Å². The molecule has 0 saturated carbocycles. The summed E-state index contributed by atoms with van der Waals surface area (Å²) in [5.74, 6) is -0.766. The zero-order chi connectivity index (χ0) is 21.5. The van der Waals surface area contributed by atoms with Gasteiger partial charge < -0.3 is 15.1 Å². The van der Waals surface area contributed by atoms with Crippen molar-refractivity contribution in [3.8, 4) is 0 Å². The molecule has 31 heavy (non-hydrogen) atoms. The van der Waals surface area contributed by atoms with Crippen LogP contribution in [0.3, 0.4) is 0 Å². The first-order chi connectivity index (χ1) is 15.0. The Morgan fingerprint density at radius 2 is 1.94 bits per heavy atom. The summed E-state index contributed by atoms with van der Waals surface area (Å²) in [6.07, 6.45) is 0.654. The minimum Gasteiger partial charge on any atom is -0.322 e. The number of nitrogens with one attached hydrogen (secondary N) is 2. The van der Waals surface area contributed by atoms with Crippen LogP contribution in [0, 0.1) is 0 Å². The molecule has 2 unspecified atom stereocenters. The Morgan fingerprint density at radius 3 is 2.77 bits per heavy atom. The van der Waals surface area contributed by atoms with Crippen molar-refractivity contribution in [3.63, 3.8) is 0 Å². The van der Waals surface area contributed by atoms with Gasteiger partial charge in [-0.3, -0.25) is 19.7 Å². The molecule has 0 radical (unpaired) electrons. The third kappa shape index (κ3) is 3.75. The van der Waals surface area contributed by atoms with Crippen molar-refractivity contribution < 1.29 is 14.4 Å². The fourth-order valence-corrected chi connectivity index (χ4v) is 4.93. The number of nitrogens with zero attached hydrogens (tertiary/aromatic N) is 2. The Bertz CT molecular complexity index is 1070. The number of imide groups is 1. The van der Waals surface area contributed by atoms with E-state index in [1.165, 1.54) is 11.1 Å². The first-order valence-corrected chi connectivity index (χ1v) is 10.8. The van der Waals surface area contributed by atoms with E-state index in [0.29, 0.717) is 24.6 Å². The summed E-state index contributed by atoms with van der Waals surface area (Å²) < 4.78 is 0. The summed E-state index contributed by atoms with van der Waals surface area (Å²) in [5.41, 5.74) is 5.40. The summed E-state index contributed by atoms with van der Waals surface area (Å²) in [7, 11) is 2.09. The van der Waals surface area contributed by atoms with Gasteiger partial charge >= 0.3 is 0 Å². The van der Waals surface area contributed by atoms with Gasteiger partial charge in [0.05, 0.1) is 0 Å². The molecule has 3 amide bonds. The Morgan fingerprint density at radius 1 is 1.10 bits per heavy atom. The molecule has 7 nitrogen and oxygen atoms in total. The van der Waals surface area contributed by atoms with Crippen molar-refractivity contribution in [3.05, 3.63) is 70.3 Å². The van der Waals surface area contributed by atoms with Gasteiger partial charge in [0.15, 0.2) is 0 Å². The molecule has 2 aromatic carbocycles. The Labute approximate surface area is 181 Å². The molecule has 3 aliphatic rings. The highest BCUT2D eigenvalue weighted by Gasteiger charge is 2.39. The van der Waals surface area contributed by atoms with Crippen molar-refractivity contribution in [2.24, 2.45) is 0 Å². The zero-order valence-corrected chi connectivity index (χ0v) is 17.6. The molecular weight excluding hydrogens is 392 g/mol. The molecule has 3 heterocycles. The molecule has 2 N–H and O–H groups in total. The molecule has 2 atom stereocenters. The lowest BCUT2D eigenvalue weighted by Crippen LogP contribution is -2.52. The molecule has 160 valence electrons. The molecule has 0 aliphatic carbocycles. The second-order valence-electron chi connectivity index (χ2n) is 8.72. The third-order valence-electron chi connectivity index (χ3n) is 6.51. The Kier molecular flexibility index (Phi) is 5.08. The minimum absolute atomic E-state index is 0.125. The lowest BCUT2D eigenvalue weighted by atomic mass is 10.0. The summed E-state index contributed by atoms with van der Waals surface area (Å²) in [5, 5.41) is 5.92. The van der Waals surface area contributed by atoms with Gasteiger partial charge in [0.1, 0.15) is 6.04 Å². The van der Waals surface area contributed by atoms with Crippen molar-refractivity contribution in [1.82, 2.24) is 20.4 Å². The summed E-state index contributed by atoms with van der Waals surface area (Å²) in [4.78, 5) is 40.5. The normalized spacial score (nSPS) is 22.6. The maximum atomic E-state index is 13.0. The van der Waals surface area contributed by atoms with Crippen molar-refractivity contribution in [1.29, 1.82) is 0 Å². The molecule has 1 saturated heterocycles. The van der Waals surface area contributed by atoms with Gasteiger partial charge in [-0.15, -0.1) is 0 Å². The van der Waals surface area contributed by atoms with Gasteiger partial charge in [0.25, 0.3) is 5.91 Å². The fraction of sp³-hybridized carbons (Fsp3) is 0.375. The molecule has 7 heteroatoms. The number of hydrogen-bond donors (Lipinski definition) is 2. The number of carbonyl (C=O) groups is 3. The monoisotopic (exact) mass is 418 g/mol. The minimum atomic E-state index is -0.572. The number of carbonyl (C=O) groups excluding carboxylic acids is 3. The maximum Gasteiger partial charge on any atom is 0.255 e. The highest BCUT2D eigenvalue weighted by Crippen LogP contribution is 2.29. The van der Waals surface area contributed by atoms with Crippen LogP contribution in [-0.2, 0) is 29.2 Å². The second kappa shape index (κ2) is 7.90. The van der Waals surface area contributed by atoms with Crippen LogP contribution in [0.25, 0.3) is 0 Å². The van der Waals surface area contributed by atoms with E-state index in [9.17, 15) is 14.4 Å². The van der Waals surface area contributed by atoms with Gasteiger partial charge in [-0.2, -0.15) is 0 Å². The first kappa shape index (κ1) is 19.9. The number of benzene rings is 2. The SMILES string of the molecule is CN(Cc1ccc2c(c1)C(=O)N(C1CCC(=O)NC1=O)C2)CC1NCc2ccccc21. The van der Waals surface area contributed by atoms with E-state index < -0.39 is 6.04 Å². The van der Waals surface area contributed by atoms with Gasteiger partial charge in [0, 0.05) is 44.2 Å². The number of fused-ring (bicyclic) bond motifs is 2.